The summed E-state index contributed by atoms with van der Waals surface area (Å²) in [5, 5.41) is 17.3. The molecule has 72 heavy (non-hydrogen) atoms. The van der Waals surface area contributed by atoms with Crippen LogP contribution in [-0.2, 0) is 54.7 Å². The van der Waals surface area contributed by atoms with E-state index in [1.807, 2.05) is 149 Å². The summed E-state index contributed by atoms with van der Waals surface area (Å²) < 4.78 is 10.8. The number of rotatable bonds is 33. The van der Waals surface area contributed by atoms with Crippen molar-refractivity contribution in [2.24, 2.45) is 11.8 Å². The van der Waals surface area contributed by atoms with Crippen LogP contribution in [0.2, 0.25) is 0 Å². The molecule has 6 amide bonds. The lowest BCUT2D eigenvalue weighted by Gasteiger charge is -2.24. The Morgan fingerprint density at radius 3 is 0.958 bits per heavy atom. The van der Waals surface area contributed by atoms with Crippen LogP contribution in [0, 0.1) is 11.8 Å². The molecule has 0 heterocycles. The van der Waals surface area contributed by atoms with E-state index in [0.717, 1.165) is 86.5 Å². The SMILES string of the molecule is CC(C)C[C@H](NC(=O)[C@H](Cc1ccccc1)NC(=O)OCc1ccccc1)C(=O)NCCCCCCCCCCCCNC(=O)[C@H](CC(C)C)NC(=O)[C@H](Cc1ccccc1)NC(=O)OCc1ccccc1. The van der Waals surface area contributed by atoms with Crippen LogP contribution in [-0.4, -0.2) is 73.1 Å². The van der Waals surface area contributed by atoms with Gasteiger partial charge in [0, 0.05) is 25.9 Å². The highest BCUT2D eigenvalue weighted by Crippen LogP contribution is 2.14. The van der Waals surface area contributed by atoms with Gasteiger partial charge in [0.2, 0.25) is 23.6 Å². The third-order valence-corrected chi connectivity index (χ3v) is 12.1. The van der Waals surface area contributed by atoms with Gasteiger partial charge in [-0.15, -0.1) is 0 Å². The van der Waals surface area contributed by atoms with E-state index in [-0.39, 0.29) is 49.7 Å². The molecule has 0 unspecified atom stereocenters. The quantitative estimate of drug-likeness (QED) is 0.0254. The topological polar surface area (TPSA) is 193 Å². The lowest BCUT2D eigenvalue weighted by Crippen LogP contribution is -2.54. The van der Waals surface area contributed by atoms with Crippen molar-refractivity contribution in [1.82, 2.24) is 31.9 Å². The molecule has 4 atom stereocenters. The molecule has 14 heteroatoms. The molecule has 14 nitrogen and oxygen atoms in total. The number of alkyl carbamates (subject to hydrolysis) is 2. The van der Waals surface area contributed by atoms with E-state index in [1.165, 1.54) is 0 Å². The van der Waals surface area contributed by atoms with Crippen molar-refractivity contribution >= 4 is 35.8 Å². The Labute approximate surface area is 428 Å². The van der Waals surface area contributed by atoms with Crippen molar-refractivity contribution in [3.05, 3.63) is 144 Å². The predicted octanol–water partition coefficient (Wildman–Crippen LogP) is 9.26. The number of unbranched alkanes of at least 4 members (excludes halogenated alkanes) is 9. The largest absolute Gasteiger partial charge is 0.445 e. The van der Waals surface area contributed by atoms with Gasteiger partial charge in [0.25, 0.3) is 0 Å². The lowest BCUT2D eigenvalue weighted by molar-refractivity contribution is -0.130. The van der Waals surface area contributed by atoms with E-state index >= 15 is 0 Å². The summed E-state index contributed by atoms with van der Waals surface area (Å²) in [6.07, 6.45) is 10.2. The fourth-order valence-corrected chi connectivity index (χ4v) is 8.22. The molecule has 0 fully saturated rings. The molecule has 4 rings (SSSR count). The molecule has 4 aromatic carbocycles. The molecule has 0 saturated heterocycles. The molecule has 6 N–H and O–H groups in total. The maximum absolute atomic E-state index is 13.7. The van der Waals surface area contributed by atoms with E-state index in [2.05, 4.69) is 31.9 Å². The van der Waals surface area contributed by atoms with Crippen molar-refractivity contribution in [3.63, 3.8) is 0 Å². The molecule has 0 radical (unpaired) electrons. The fourth-order valence-electron chi connectivity index (χ4n) is 8.22. The Balaban J connectivity index is 1.09. The smallest absolute Gasteiger partial charge is 0.408 e. The number of ether oxygens (including phenoxy) is 2. The first-order valence-electron chi connectivity index (χ1n) is 26.0. The highest BCUT2D eigenvalue weighted by atomic mass is 16.6. The Kier molecular flexibility index (Phi) is 27.2. The first-order valence-corrected chi connectivity index (χ1v) is 26.0. The zero-order valence-corrected chi connectivity index (χ0v) is 43.0. The summed E-state index contributed by atoms with van der Waals surface area (Å²) in [4.78, 5) is 79.8. The van der Waals surface area contributed by atoms with Crippen molar-refractivity contribution < 1.29 is 38.2 Å². The van der Waals surface area contributed by atoms with Crippen molar-refractivity contribution in [2.75, 3.05) is 13.1 Å². The van der Waals surface area contributed by atoms with Gasteiger partial charge in [-0.2, -0.15) is 0 Å². The van der Waals surface area contributed by atoms with Crippen LogP contribution in [0.25, 0.3) is 0 Å². The number of amides is 6. The molecule has 4 aromatic rings. The summed E-state index contributed by atoms with van der Waals surface area (Å²) in [6.45, 7) is 9.17. The third kappa shape index (κ3) is 24.4. The van der Waals surface area contributed by atoms with Gasteiger partial charge >= 0.3 is 12.2 Å². The third-order valence-electron chi connectivity index (χ3n) is 12.1. The van der Waals surface area contributed by atoms with Gasteiger partial charge in [-0.05, 0) is 59.8 Å². The number of carbonyl (C=O) groups excluding carboxylic acids is 6. The van der Waals surface area contributed by atoms with Gasteiger partial charge in [0.05, 0.1) is 0 Å². The van der Waals surface area contributed by atoms with Crippen LogP contribution in [0.4, 0.5) is 9.59 Å². The average molecular weight is 989 g/mol. The maximum Gasteiger partial charge on any atom is 0.408 e. The summed E-state index contributed by atoms with van der Waals surface area (Å²) in [7, 11) is 0. The van der Waals surface area contributed by atoms with Gasteiger partial charge in [0.1, 0.15) is 37.4 Å². The Bertz CT molecular complexity index is 2020. The van der Waals surface area contributed by atoms with Crippen LogP contribution in [0.15, 0.2) is 121 Å². The molecule has 0 aromatic heterocycles. The van der Waals surface area contributed by atoms with Crippen molar-refractivity contribution in [1.29, 1.82) is 0 Å². The van der Waals surface area contributed by atoms with Crippen molar-refractivity contribution in [3.8, 4) is 0 Å². The summed E-state index contributed by atoms with van der Waals surface area (Å²) in [5.74, 6) is -1.08. The lowest BCUT2D eigenvalue weighted by atomic mass is 10.0. The number of carbonyl (C=O) groups is 6. The van der Waals surface area contributed by atoms with E-state index in [0.29, 0.717) is 25.9 Å². The van der Waals surface area contributed by atoms with Gasteiger partial charge in [-0.25, -0.2) is 9.59 Å². The number of hydrogen-bond donors (Lipinski definition) is 6. The highest BCUT2D eigenvalue weighted by molar-refractivity contribution is 5.92. The van der Waals surface area contributed by atoms with Gasteiger partial charge in [-0.1, -0.05) is 200 Å². The van der Waals surface area contributed by atoms with Crippen LogP contribution in [0.5, 0.6) is 0 Å². The first-order chi connectivity index (χ1) is 34.9. The van der Waals surface area contributed by atoms with E-state index in [4.69, 9.17) is 9.47 Å². The Hall–Kier alpha value is -6.70. The second kappa shape index (κ2) is 33.8. The van der Waals surface area contributed by atoms with Crippen LogP contribution < -0.4 is 31.9 Å². The van der Waals surface area contributed by atoms with Crippen LogP contribution in [0.3, 0.4) is 0 Å². The molecule has 0 spiro atoms. The first kappa shape index (κ1) is 57.9. The second-order valence-corrected chi connectivity index (χ2v) is 19.4. The fraction of sp³-hybridized carbons (Fsp3) is 0.483. The standard InChI is InChI=1S/C58H80N6O8/c1-43(2)37-49(61-55(67)51(39-45-27-17-13-18-28-45)63-57(69)71-41-47-31-21-15-22-32-47)53(65)59-35-25-11-9-7-5-6-8-10-12-26-36-60-54(66)50(38-44(3)4)62-56(68)52(40-46-29-19-14-20-30-46)64-58(70)72-42-48-33-23-16-24-34-48/h13-24,27-34,43-44,49-52H,5-12,25-26,35-42H2,1-4H3,(H,59,65)(H,60,66)(H,61,67)(H,62,68)(H,63,69)(H,64,70)/t49-,50-,51-,52-/m0/s1. The molecular weight excluding hydrogens is 909 g/mol. The predicted molar refractivity (Wildman–Crippen MR) is 282 cm³/mol. The van der Waals surface area contributed by atoms with Crippen molar-refractivity contribution in [2.45, 2.75) is 155 Å². The molecule has 390 valence electrons. The van der Waals surface area contributed by atoms with E-state index in [1.54, 1.807) is 0 Å². The minimum atomic E-state index is -0.942. The van der Waals surface area contributed by atoms with E-state index < -0.39 is 48.2 Å². The molecule has 0 bridgehead atoms. The number of benzene rings is 4. The summed E-state index contributed by atoms with van der Waals surface area (Å²) in [6, 6.07) is 34.1. The van der Waals surface area contributed by atoms with Crippen LogP contribution >= 0.6 is 0 Å². The minimum absolute atomic E-state index is 0.0676. The zero-order valence-electron chi connectivity index (χ0n) is 43.0. The minimum Gasteiger partial charge on any atom is -0.445 e. The molecular formula is C58H80N6O8. The van der Waals surface area contributed by atoms with Gasteiger partial charge in [-0.3, -0.25) is 19.2 Å². The van der Waals surface area contributed by atoms with Gasteiger partial charge < -0.3 is 41.4 Å². The second-order valence-electron chi connectivity index (χ2n) is 19.4. The van der Waals surface area contributed by atoms with Gasteiger partial charge in [0.15, 0.2) is 0 Å². The normalized spacial score (nSPS) is 12.7. The van der Waals surface area contributed by atoms with E-state index in [9.17, 15) is 28.8 Å². The maximum atomic E-state index is 13.7. The Morgan fingerprint density at radius 2 is 0.653 bits per heavy atom. The molecule has 0 aliphatic heterocycles. The average Bonchev–Trinajstić information content (AvgIpc) is 3.37. The van der Waals surface area contributed by atoms with Crippen LogP contribution in [0.1, 0.15) is 127 Å². The Morgan fingerprint density at radius 1 is 0.361 bits per heavy atom. The number of hydrogen-bond acceptors (Lipinski definition) is 8. The molecule has 0 saturated carbocycles. The summed E-state index contributed by atoms with van der Waals surface area (Å²) >= 11 is 0. The number of nitrogens with one attached hydrogen (secondary N) is 6. The molecule has 0 aliphatic carbocycles. The molecule has 0 aliphatic rings. The summed E-state index contributed by atoms with van der Waals surface area (Å²) in [5.41, 5.74) is 3.38. The zero-order chi connectivity index (χ0) is 51.8. The monoisotopic (exact) mass is 989 g/mol. The highest BCUT2D eigenvalue weighted by Gasteiger charge is 2.30.